The molecule has 0 saturated carbocycles. The molecule has 0 saturated heterocycles. The van der Waals surface area contributed by atoms with Crippen molar-refractivity contribution in [2.75, 3.05) is 23.9 Å². The van der Waals surface area contributed by atoms with Crippen LogP contribution in [-0.2, 0) is 16.6 Å². The summed E-state index contributed by atoms with van der Waals surface area (Å²) < 4.78 is 28.2. The molecule has 0 amide bonds. The Hall–Kier alpha value is -1.11. The molecule has 6 heteroatoms. The van der Waals surface area contributed by atoms with Crippen LogP contribution in [0.1, 0.15) is 19.4 Å². The van der Waals surface area contributed by atoms with Crippen molar-refractivity contribution < 1.29 is 8.42 Å². The smallest absolute Gasteiger partial charge is 0.304 e. The van der Waals surface area contributed by atoms with Crippen molar-refractivity contribution >= 4 is 15.9 Å². The zero-order valence-corrected chi connectivity index (χ0v) is 12.2. The summed E-state index contributed by atoms with van der Waals surface area (Å²) >= 11 is 0. The Morgan fingerprint density at radius 3 is 2.58 bits per heavy atom. The molecule has 1 aliphatic heterocycles. The molecule has 2 rings (SSSR count). The maximum atomic E-state index is 12.7. The largest absolute Gasteiger partial charge is 0.326 e. The SMILES string of the molecule is CCN(CC)S(=O)(=O)N1CC(N)Cc2ccccc21. The lowest BCUT2D eigenvalue weighted by Gasteiger charge is -2.36. The van der Waals surface area contributed by atoms with Crippen LogP contribution in [0.4, 0.5) is 5.69 Å². The van der Waals surface area contributed by atoms with Gasteiger partial charge in [-0.1, -0.05) is 32.0 Å². The quantitative estimate of drug-likeness (QED) is 0.895. The monoisotopic (exact) mass is 283 g/mol. The fourth-order valence-corrected chi connectivity index (χ4v) is 4.23. The van der Waals surface area contributed by atoms with E-state index in [9.17, 15) is 8.42 Å². The van der Waals surface area contributed by atoms with E-state index < -0.39 is 10.2 Å². The Labute approximate surface area is 115 Å². The summed E-state index contributed by atoms with van der Waals surface area (Å²) in [6, 6.07) is 7.42. The number of hydrogen-bond acceptors (Lipinski definition) is 3. The molecule has 1 unspecified atom stereocenters. The summed E-state index contributed by atoms with van der Waals surface area (Å²) in [6.45, 7) is 4.96. The third-order valence-electron chi connectivity index (χ3n) is 3.45. The molecule has 0 radical (unpaired) electrons. The van der Waals surface area contributed by atoms with Gasteiger partial charge in [-0.3, -0.25) is 4.31 Å². The summed E-state index contributed by atoms with van der Waals surface area (Å²) in [6.07, 6.45) is 0.723. The molecule has 1 atom stereocenters. The summed E-state index contributed by atoms with van der Waals surface area (Å²) in [7, 11) is -3.48. The van der Waals surface area contributed by atoms with Crippen LogP contribution in [0.15, 0.2) is 24.3 Å². The highest BCUT2D eigenvalue weighted by Crippen LogP contribution is 2.29. The third kappa shape index (κ3) is 2.61. The van der Waals surface area contributed by atoms with Crippen molar-refractivity contribution in [3.63, 3.8) is 0 Å². The molecular weight excluding hydrogens is 262 g/mol. The van der Waals surface area contributed by atoms with Crippen LogP contribution in [0.5, 0.6) is 0 Å². The molecular formula is C13H21N3O2S. The standard InChI is InChI=1S/C13H21N3O2S/c1-3-15(4-2)19(17,18)16-10-12(14)9-11-7-5-6-8-13(11)16/h5-8,12H,3-4,9-10,14H2,1-2H3. The maximum absolute atomic E-state index is 12.7. The number of rotatable bonds is 4. The molecule has 0 aliphatic carbocycles. The van der Waals surface area contributed by atoms with Gasteiger partial charge < -0.3 is 5.73 Å². The molecule has 2 N–H and O–H groups in total. The second-order valence-electron chi connectivity index (χ2n) is 4.72. The zero-order chi connectivity index (χ0) is 14.0. The number of benzene rings is 1. The fourth-order valence-electron chi connectivity index (χ4n) is 2.49. The third-order valence-corrected chi connectivity index (χ3v) is 5.52. The van der Waals surface area contributed by atoms with Crippen LogP contribution >= 0.6 is 0 Å². The molecule has 0 aromatic heterocycles. The molecule has 5 nitrogen and oxygen atoms in total. The van der Waals surface area contributed by atoms with Gasteiger partial charge in [0.2, 0.25) is 0 Å². The van der Waals surface area contributed by atoms with Crippen molar-refractivity contribution in [2.24, 2.45) is 5.73 Å². The van der Waals surface area contributed by atoms with Gasteiger partial charge in [0.1, 0.15) is 0 Å². The Morgan fingerprint density at radius 2 is 1.95 bits per heavy atom. The van der Waals surface area contributed by atoms with E-state index >= 15 is 0 Å². The number of nitrogens with zero attached hydrogens (tertiary/aromatic N) is 2. The van der Waals surface area contributed by atoms with Gasteiger partial charge in [0, 0.05) is 19.1 Å². The van der Waals surface area contributed by atoms with Crippen LogP contribution < -0.4 is 10.0 Å². The first-order chi connectivity index (χ1) is 9.00. The number of fused-ring (bicyclic) bond motifs is 1. The van der Waals surface area contributed by atoms with Gasteiger partial charge >= 0.3 is 10.2 Å². The predicted octanol–water partition coefficient (Wildman–Crippen LogP) is 0.963. The molecule has 19 heavy (non-hydrogen) atoms. The number of para-hydroxylation sites is 1. The fraction of sp³-hybridized carbons (Fsp3) is 0.538. The Morgan fingerprint density at radius 1 is 1.32 bits per heavy atom. The minimum atomic E-state index is -3.48. The summed E-state index contributed by atoms with van der Waals surface area (Å²) in [4.78, 5) is 0. The molecule has 1 aliphatic rings. The minimum Gasteiger partial charge on any atom is -0.326 e. The Kier molecular flexibility index (Phi) is 4.13. The molecule has 1 aromatic carbocycles. The van der Waals surface area contributed by atoms with Gasteiger partial charge in [0.15, 0.2) is 0 Å². The molecule has 1 heterocycles. The van der Waals surface area contributed by atoms with Gasteiger partial charge in [-0.15, -0.1) is 0 Å². The normalized spacial score (nSPS) is 19.6. The van der Waals surface area contributed by atoms with E-state index in [2.05, 4.69) is 0 Å². The second-order valence-corrected chi connectivity index (χ2v) is 6.57. The van der Waals surface area contributed by atoms with Gasteiger partial charge in [-0.05, 0) is 18.1 Å². The number of nitrogens with two attached hydrogens (primary N) is 1. The first kappa shape index (κ1) is 14.3. The maximum Gasteiger partial charge on any atom is 0.304 e. The van der Waals surface area contributed by atoms with E-state index in [1.807, 2.05) is 38.1 Å². The van der Waals surface area contributed by atoms with E-state index in [0.717, 1.165) is 17.7 Å². The van der Waals surface area contributed by atoms with E-state index in [-0.39, 0.29) is 6.04 Å². The average molecular weight is 283 g/mol. The van der Waals surface area contributed by atoms with Crippen LogP contribution in [0.3, 0.4) is 0 Å². The van der Waals surface area contributed by atoms with E-state index in [1.165, 1.54) is 8.61 Å². The van der Waals surface area contributed by atoms with Gasteiger partial charge in [0.25, 0.3) is 0 Å². The number of hydrogen-bond donors (Lipinski definition) is 1. The van der Waals surface area contributed by atoms with Crippen molar-refractivity contribution in [2.45, 2.75) is 26.3 Å². The van der Waals surface area contributed by atoms with Gasteiger partial charge in [-0.2, -0.15) is 12.7 Å². The molecule has 0 fully saturated rings. The first-order valence-corrected chi connectivity index (χ1v) is 8.01. The number of anilines is 1. The zero-order valence-electron chi connectivity index (χ0n) is 11.4. The topological polar surface area (TPSA) is 66.6 Å². The Balaban J connectivity index is 2.45. The summed E-state index contributed by atoms with van der Waals surface area (Å²) in [5.41, 5.74) is 7.75. The van der Waals surface area contributed by atoms with Crippen LogP contribution in [-0.4, -0.2) is 38.4 Å². The van der Waals surface area contributed by atoms with Crippen molar-refractivity contribution in [1.29, 1.82) is 0 Å². The van der Waals surface area contributed by atoms with Crippen LogP contribution in [0, 0.1) is 0 Å². The molecule has 1 aromatic rings. The van der Waals surface area contributed by atoms with Crippen molar-refractivity contribution in [3.8, 4) is 0 Å². The minimum absolute atomic E-state index is 0.153. The summed E-state index contributed by atoms with van der Waals surface area (Å²) in [5.74, 6) is 0. The predicted molar refractivity (Wildman–Crippen MR) is 77.3 cm³/mol. The van der Waals surface area contributed by atoms with Crippen molar-refractivity contribution in [1.82, 2.24) is 4.31 Å². The first-order valence-electron chi connectivity index (χ1n) is 6.62. The second kappa shape index (κ2) is 5.48. The highest BCUT2D eigenvalue weighted by Gasteiger charge is 2.33. The van der Waals surface area contributed by atoms with E-state index in [4.69, 9.17) is 5.73 Å². The summed E-state index contributed by atoms with van der Waals surface area (Å²) in [5, 5.41) is 0. The Bertz CT molecular complexity index is 541. The lowest BCUT2D eigenvalue weighted by Crippen LogP contribution is -2.51. The lowest BCUT2D eigenvalue weighted by atomic mass is 10.0. The highest BCUT2D eigenvalue weighted by atomic mass is 32.2. The molecule has 106 valence electrons. The van der Waals surface area contributed by atoms with Crippen LogP contribution in [0.25, 0.3) is 0 Å². The van der Waals surface area contributed by atoms with Crippen LogP contribution in [0.2, 0.25) is 0 Å². The lowest BCUT2D eigenvalue weighted by molar-refractivity contribution is 0.438. The molecule has 0 bridgehead atoms. The molecule has 0 spiro atoms. The van der Waals surface area contributed by atoms with Crippen molar-refractivity contribution in [3.05, 3.63) is 29.8 Å². The highest BCUT2D eigenvalue weighted by molar-refractivity contribution is 7.90. The average Bonchev–Trinajstić information content (AvgIpc) is 2.38. The van der Waals surface area contributed by atoms with E-state index in [0.29, 0.717) is 19.6 Å². The van der Waals surface area contributed by atoms with Gasteiger partial charge in [0.05, 0.1) is 12.2 Å². The van der Waals surface area contributed by atoms with Gasteiger partial charge in [-0.25, -0.2) is 0 Å². The van der Waals surface area contributed by atoms with E-state index in [1.54, 1.807) is 0 Å².